The molecule has 2 aliphatic heterocycles. The van der Waals surface area contributed by atoms with Gasteiger partial charge in [-0.05, 0) is 60.2 Å². The van der Waals surface area contributed by atoms with E-state index in [1.54, 1.807) is 17.0 Å². The Balaban J connectivity index is 1.55. The van der Waals surface area contributed by atoms with E-state index in [1.165, 1.54) is 31.5 Å². The second kappa shape index (κ2) is 9.18. The summed E-state index contributed by atoms with van der Waals surface area (Å²) in [7, 11) is 0. The third kappa shape index (κ3) is 4.65. The van der Waals surface area contributed by atoms with Gasteiger partial charge in [-0.2, -0.15) is 4.73 Å². The lowest BCUT2D eigenvalue weighted by atomic mass is 9.81. The number of hydrogen-bond donors (Lipinski definition) is 2. The van der Waals surface area contributed by atoms with Gasteiger partial charge in [-0.25, -0.2) is 4.39 Å². The second-order valence-corrected chi connectivity index (χ2v) is 9.45. The van der Waals surface area contributed by atoms with Crippen LogP contribution in [-0.4, -0.2) is 48.1 Å². The highest BCUT2D eigenvalue weighted by Gasteiger charge is 2.54. The number of halogens is 2. The summed E-state index contributed by atoms with van der Waals surface area (Å²) in [5.74, 6) is -1.19. The van der Waals surface area contributed by atoms with Crippen LogP contribution in [0.2, 0.25) is 0 Å². The van der Waals surface area contributed by atoms with Gasteiger partial charge in [0.05, 0.1) is 30.4 Å². The lowest BCUT2D eigenvalue weighted by Crippen LogP contribution is -2.73. The number of likely N-dealkylation sites (tertiary alicyclic amines) is 1. The predicted octanol–water partition coefficient (Wildman–Crippen LogP) is 2.71. The Morgan fingerprint density at radius 1 is 1.31 bits per heavy atom. The zero-order chi connectivity index (χ0) is 22.9. The van der Waals surface area contributed by atoms with Gasteiger partial charge in [0.2, 0.25) is 6.20 Å². The number of amides is 1. The van der Waals surface area contributed by atoms with Crippen LogP contribution in [0.15, 0.2) is 36.7 Å². The summed E-state index contributed by atoms with van der Waals surface area (Å²) in [5.41, 5.74) is -0.156. The first-order valence-corrected chi connectivity index (χ1v) is 11.5. The largest absolute Gasteiger partial charge is 0.619 e. The van der Waals surface area contributed by atoms with Crippen molar-refractivity contribution >= 4 is 45.8 Å². The maximum atomic E-state index is 14.3. The van der Waals surface area contributed by atoms with E-state index in [1.807, 2.05) is 22.6 Å². The van der Waals surface area contributed by atoms with Crippen LogP contribution in [0.3, 0.4) is 0 Å². The normalized spacial score (nSPS) is 19.7. The maximum absolute atomic E-state index is 14.3. The Hall–Kier alpha value is -2.47. The fourth-order valence-corrected chi connectivity index (χ4v) is 4.81. The summed E-state index contributed by atoms with van der Waals surface area (Å²) < 4.78 is 21.3. The molecule has 2 fully saturated rings. The molecular formula is C22H24FIN4O4. The lowest BCUT2D eigenvalue weighted by Gasteiger charge is -2.53. The molecule has 10 heteroatoms. The van der Waals surface area contributed by atoms with E-state index in [4.69, 9.17) is 4.74 Å². The van der Waals surface area contributed by atoms with Crippen LogP contribution in [0.1, 0.15) is 36.5 Å². The molecule has 8 nitrogen and oxygen atoms in total. The van der Waals surface area contributed by atoms with Gasteiger partial charge in [-0.1, -0.05) is 6.42 Å². The summed E-state index contributed by atoms with van der Waals surface area (Å²) in [6.07, 6.45) is 5.40. The summed E-state index contributed by atoms with van der Waals surface area (Å²) in [4.78, 5) is 26.6. The van der Waals surface area contributed by atoms with Crippen molar-refractivity contribution in [2.24, 2.45) is 0 Å². The van der Waals surface area contributed by atoms with Gasteiger partial charge < -0.3 is 25.5 Å². The number of hydrogen-bond acceptors (Lipinski definition) is 6. The van der Waals surface area contributed by atoms with E-state index >= 15 is 0 Å². The highest BCUT2D eigenvalue weighted by molar-refractivity contribution is 14.1. The Morgan fingerprint density at radius 2 is 2.09 bits per heavy atom. The third-order valence-corrected chi connectivity index (χ3v) is 6.53. The second-order valence-electron chi connectivity index (χ2n) is 8.20. The van der Waals surface area contributed by atoms with Crippen molar-refractivity contribution in [3.8, 4) is 0 Å². The molecular weight excluding hydrogens is 530 g/mol. The minimum absolute atomic E-state index is 0.0118. The molecule has 2 aliphatic rings. The average Bonchev–Trinajstić information content (AvgIpc) is 2.72. The molecule has 0 radical (unpaired) electrons. The SMILES string of the molecule is CC(=O)OC1([C@@H]2CCCCN2)CN(C(=O)c2cc[n+]([O-])cc2Nc2ccc(I)cc2F)C1. The van der Waals surface area contributed by atoms with E-state index in [0.29, 0.717) is 4.73 Å². The minimum atomic E-state index is -0.759. The van der Waals surface area contributed by atoms with Crippen molar-refractivity contribution in [3.63, 3.8) is 0 Å². The van der Waals surface area contributed by atoms with Crippen LogP contribution in [-0.2, 0) is 9.53 Å². The summed E-state index contributed by atoms with van der Waals surface area (Å²) in [6.45, 7) is 2.73. The van der Waals surface area contributed by atoms with Crippen molar-refractivity contribution in [3.05, 3.63) is 56.8 Å². The van der Waals surface area contributed by atoms with E-state index in [9.17, 15) is 19.2 Å². The van der Waals surface area contributed by atoms with Crippen LogP contribution < -0.4 is 15.4 Å². The van der Waals surface area contributed by atoms with Crippen molar-refractivity contribution < 1.29 is 23.4 Å². The number of aromatic nitrogens is 1. The molecule has 0 spiro atoms. The van der Waals surface area contributed by atoms with Crippen molar-refractivity contribution in [1.82, 2.24) is 10.2 Å². The molecule has 4 rings (SSSR count). The summed E-state index contributed by atoms with van der Waals surface area (Å²) >= 11 is 2.00. The number of rotatable bonds is 5. The molecule has 32 heavy (non-hydrogen) atoms. The third-order valence-electron chi connectivity index (χ3n) is 5.86. The number of carbonyl (C=O) groups excluding carboxylic acids is 2. The molecule has 1 aromatic heterocycles. The van der Waals surface area contributed by atoms with Crippen LogP contribution >= 0.6 is 22.6 Å². The molecule has 0 saturated carbocycles. The van der Waals surface area contributed by atoms with E-state index < -0.39 is 11.4 Å². The number of nitrogens with zero attached hydrogens (tertiary/aromatic N) is 2. The number of pyridine rings is 1. The molecule has 1 amide bonds. The van der Waals surface area contributed by atoms with Crippen LogP contribution in [0.25, 0.3) is 0 Å². The Morgan fingerprint density at radius 3 is 2.75 bits per heavy atom. The molecule has 1 atom stereocenters. The zero-order valence-electron chi connectivity index (χ0n) is 17.6. The van der Waals surface area contributed by atoms with Gasteiger partial charge in [0.25, 0.3) is 5.91 Å². The maximum Gasteiger partial charge on any atom is 0.303 e. The number of esters is 1. The minimum Gasteiger partial charge on any atom is -0.619 e. The molecule has 170 valence electrons. The number of anilines is 2. The smallest absolute Gasteiger partial charge is 0.303 e. The molecule has 0 aliphatic carbocycles. The number of nitrogens with one attached hydrogen (secondary N) is 2. The summed E-state index contributed by atoms with van der Waals surface area (Å²) in [6, 6.07) is 6.03. The van der Waals surface area contributed by atoms with Gasteiger partial charge in [0.1, 0.15) is 11.5 Å². The Labute approximate surface area is 198 Å². The first kappa shape index (κ1) is 22.7. The number of ether oxygens (including phenoxy) is 1. The molecule has 1 aromatic carbocycles. The van der Waals surface area contributed by atoms with E-state index in [0.717, 1.165) is 29.4 Å². The van der Waals surface area contributed by atoms with E-state index in [2.05, 4.69) is 10.6 Å². The fraction of sp³-hybridized carbons (Fsp3) is 0.409. The van der Waals surface area contributed by atoms with Gasteiger partial charge in [0, 0.05) is 16.6 Å². The quantitative estimate of drug-likeness (QED) is 0.256. The summed E-state index contributed by atoms with van der Waals surface area (Å²) in [5, 5.41) is 18.1. The van der Waals surface area contributed by atoms with Gasteiger partial charge in [-0.3, -0.25) is 9.59 Å². The monoisotopic (exact) mass is 554 g/mol. The Bertz CT molecular complexity index is 1040. The zero-order valence-corrected chi connectivity index (χ0v) is 19.7. The van der Waals surface area contributed by atoms with Crippen molar-refractivity contribution in [1.29, 1.82) is 0 Å². The molecule has 2 aromatic rings. The van der Waals surface area contributed by atoms with Crippen molar-refractivity contribution in [2.75, 3.05) is 25.0 Å². The first-order chi connectivity index (χ1) is 15.3. The van der Waals surface area contributed by atoms with Gasteiger partial charge >= 0.3 is 5.97 Å². The lowest BCUT2D eigenvalue weighted by molar-refractivity contribution is -0.604. The number of carbonyl (C=O) groups is 2. The number of benzene rings is 1. The fourth-order valence-electron chi connectivity index (χ4n) is 4.36. The highest BCUT2D eigenvalue weighted by Crippen LogP contribution is 2.35. The predicted molar refractivity (Wildman–Crippen MR) is 124 cm³/mol. The van der Waals surface area contributed by atoms with Crippen LogP contribution in [0.4, 0.5) is 15.8 Å². The van der Waals surface area contributed by atoms with Crippen molar-refractivity contribution in [2.45, 2.75) is 37.8 Å². The first-order valence-electron chi connectivity index (χ1n) is 10.4. The molecule has 3 heterocycles. The standard InChI is InChI=1S/C22H24FIN4O4/c1-14(29)32-22(20-4-2-3-8-25-20)12-27(13-22)21(30)16-7-9-28(31)11-19(16)26-18-6-5-15(24)10-17(18)23/h5-7,9-11,20,25-26H,2-4,8,12-13H2,1H3/t20-/m0/s1. The van der Waals surface area contributed by atoms with Gasteiger partial charge in [0.15, 0.2) is 11.8 Å². The van der Waals surface area contributed by atoms with Gasteiger partial charge in [-0.15, -0.1) is 0 Å². The molecule has 0 unspecified atom stereocenters. The molecule has 2 N–H and O–H groups in total. The van der Waals surface area contributed by atoms with Crippen LogP contribution in [0, 0.1) is 14.6 Å². The number of piperidine rings is 1. The average molecular weight is 554 g/mol. The van der Waals surface area contributed by atoms with E-state index in [-0.39, 0.29) is 47.9 Å². The Kier molecular flexibility index (Phi) is 6.52. The molecule has 2 saturated heterocycles. The molecule has 0 bridgehead atoms. The van der Waals surface area contributed by atoms with Crippen LogP contribution in [0.5, 0.6) is 0 Å². The topological polar surface area (TPSA) is 97.6 Å². The highest BCUT2D eigenvalue weighted by atomic mass is 127.